The minimum absolute atomic E-state index is 0.0768. The fourth-order valence-corrected chi connectivity index (χ4v) is 9.36. The van der Waals surface area contributed by atoms with E-state index in [0.29, 0.717) is 17.8 Å². The van der Waals surface area contributed by atoms with Crippen molar-refractivity contribution in [1.82, 2.24) is 0 Å². The van der Waals surface area contributed by atoms with Crippen LogP contribution in [0.1, 0.15) is 83.1 Å². The number of aliphatic carboxylic acids is 1. The van der Waals surface area contributed by atoms with Gasteiger partial charge in [-0.2, -0.15) is 0 Å². The number of esters is 1. The molecule has 4 saturated carbocycles. The highest BCUT2D eigenvalue weighted by molar-refractivity contribution is 5.76. The molecule has 0 amide bonds. The summed E-state index contributed by atoms with van der Waals surface area (Å²) in [5, 5.41) is 20.2. The van der Waals surface area contributed by atoms with Crippen molar-refractivity contribution in [3.63, 3.8) is 0 Å². The van der Waals surface area contributed by atoms with E-state index >= 15 is 0 Å². The van der Waals surface area contributed by atoms with Crippen molar-refractivity contribution >= 4 is 11.9 Å². The van der Waals surface area contributed by atoms with Gasteiger partial charge in [-0.05, 0) is 79.7 Å². The summed E-state index contributed by atoms with van der Waals surface area (Å²) in [6, 6.07) is 3.24. The van der Waals surface area contributed by atoms with E-state index in [4.69, 9.17) is 19.0 Å². The maximum atomic E-state index is 12.1. The fraction of sp³-hybridized carbons (Fsp3) is 0.750. The summed E-state index contributed by atoms with van der Waals surface area (Å²) in [6.07, 6.45) is 7.00. The molecular formula is C28H36O8. The third kappa shape index (κ3) is 3.29. The minimum atomic E-state index is -0.984. The number of aliphatic hydroxyl groups excluding tert-OH is 1. The Hall–Kier alpha value is -2.19. The number of carboxylic acid groups (broad SMARTS) is 1. The van der Waals surface area contributed by atoms with Crippen molar-refractivity contribution in [2.24, 2.45) is 28.6 Å². The van der Waals surface area contributed by atoms with Gasteiger partial charge >= 0.3 is 17.6 Å². The van der Waals surface area contributed by atoms with E-state index in [2.05, 4.69) is 13.8 Å². The van der Waals surface area contributed by atoms with Gasteiger partial charge in [0.15, 0.2) is 0 Å². The maximum Gasteiger partial charge on any atom is 0.335 e. The molecule has 1 aliphatic heterocycles. The van der Waals surface area contributed by atoms with Crippen LogP contribution in [0.2, 0.25) is 0 Å². The lowest BCUT2D eigenvalue weighted by atomic mass is 9.44. The summed E-state index contributed by atoms with van der Waals surface area (Å²) >= 11 is 0. The number of ether oxygens (including phenoxy) is 2. The molecule has 4 aliphatic carbocycles. The molecule has 5 fully saturated rings. The van der Waals surface area contributed by atoms with Crippen LogP contribution in [0.15, 0.2) is 27.6 Å². The van der Waals surface area contributed by atoms with Crippen LogP contribution < -0.4 is 5.63 Å². The monoisotopic (exact) mass is 500 g/mol. The van der Waals surface area contributed by atoms with Gasteiger partial charge < -0.3 is 24.1 Å². The zero-order chi connectivity index (χ0) is 25.5. The van der Waals surface area contributed by atoms with Gasteiger partial charge in [-0.25, -0.2) is 4.79 Å². The van der Waals surface area contributed by atoms with E-state index in [9.17, 15) is 19.5 Å². The second kappa shape index (κ2) is 8.15. The molecular weight excluding hydrogens is 464 g/mol. The van der Waals surface area contributed by atoms with Gasteiger partial charge in [-0.3, -0.25) is 9.59 Å². The Bertz CT molecular complexity index is 1110. The number of rotatable bonds is 5. The average Bonchev–Trinajstić information content (AvgIpc) is 3.55. The molecule has 1 aromatic heterocycles. The lowest BCUT2D eigenvalue weighted by Crippen LogP contribution is -2.58. The molecule has 6 rings (SSSR count). The van der Waals surface area contributed by atoms with Crippen LogP contribution in [0.5, 0.6) is 0 Å². The Morgan fingerprint density at radius 3 is 2.61 bits per heavy atom. The molecule has 0 bridgehead atoms. The van der Waals surface area contributed by atoms with E-state index in [1.54, 1.807) is 6.07 Å². The first-order valence-corrected chi connectivity index (χ1v) is 13.5. The summed E-state index contributed by atoms with van der Waals surface area (Å²) in [7, 11) is 0. The zero-order valence-corrected chi connectivity index (χ0v) is 21.0. The normalized spacial score (nSPS) is 46.6. The molecule has 1 aromatic rings. The van der Waals surface area contributed by atoms with Gasteiger partial charge in [0.1, 0.15) is 17.8 Å². The summed E-state index contributed by atoms with van der Waals surface area (Å²) in [5.74, 6) is -0.211. The smallest absolute Gasteiger partial charge is 0.335 e. The standard InChI is InChI=1S/C28H36O8/c1-26-11-9-17(35-22(32)8-6-20(29)30)13-16(26)4-5-19-18(26)10-12-27(2)23(15-3-7-21(31)34-14-15)24(33)25-28(19,27)36-25/h3,7,14,16-19,23-25,33H,4-6,8-13H2,1-2H3,(H,29,30)/t16-,17+,18+,19-,23+,24-,25-,26+,27-,28-/m1/s1. The first kappa shape index (κ1) is 24.2. The van der Waals surface area contributed by atoms with Crippen LogP contribution in [-0.4, -0.2) is 46.1 Å². The topological polar surface area (TPSA) is 127 Å². The van der Waals surface area contributed by atoms with Gasteiger partial charge in [0.05, 0.1) is 25.2 Å². The number of carbonyl (C=O) groups is 2. The van der Waals surface area contributed by atoms with Crippen LogP contribution in [0.3, 0.4) is 0 Å². The lowest BCUT2D eigenvalue weighted by molar-refractivity contribution is -0.166. The lowest BCUT2D eigenvalue weighted by Gasteiger charge is -2.61. The van der Waals surface area contributed by atoms with Gasteiger partial charge in [0.25, 0.3) is 0 Å². The predicted octanol–water partition coefficient (Wildman–Crippen LogP) is 3.64. The van der Waals surface area contributed by atoms with Crippen LogP contribution in [0.4, 0.5) is 0 Å². The van der Waals surface area contributed by atoms with Crippen LogP contribution in [-0.2, 0) is 19.1 Å². The number of fused-ring (bicyclic) bond motifs is 3. The Labute approximate surface area is 210 Å². The zero-order valence-electron chi connectivity index (χ0n) is 21.0. The van der Waals surface area contributed by atoms with E-state index in [-0.39, 0.29) is 53.0 Å². The number of aliphatic hydroxyl groups is 1. The molecule has 196 valence electrons. The van der Waals surface area contributed by atoms with E-state index in [0.717, 1.165) is 50.5 Å². The van der Waals surface area contributed by atoms with E-state index in [1.165, 1.54) is 12.3 Å². The molecule has 1 spiro atoms. The Morgan fingerprint density at radius 2 is 1.89 bits per heavy atom. The van der Waals surface area contributed by atoms with Crippen LogP contribution >= 0.6 is 0 Å². The SMILES string of the molecule is C[C@]12CC[C@H](OC(=O)CCC(=O)O)C[C@H]1CC[C@@H]1[C@@H]2CC[C@]2(C)[C@@H](c3ccc(=O)oc3)[C@@H](O)[C@H]3O[C@]132. The molecule has 5 aliphatic rings. The van der Waals surface area contributed by atoms with Crippen LogP contribution in [0, 0.1) is 28.6 Å². The molecule has 2 heterocycles. The Morgan fingerprint density at radius 1 is 1.08 bits per heavy atom. The van der Waals surface area contributed by atoms with Gasteiger partial charge in [0.2, 0.25) is 0 Å². The molecule has 2 N–H and O–H groups in total. The number of carbonyl (C=O) groups excluding carboxylic acids is 1. The summed E-state index contributed by atoms with van der Waals surface area (Å²) < 4.78 is 17.3. The molecule has 8 heteroatoms. The van der Waals surface area contributed by atoms with Crippen molar-refractivity contribution in [1.29, 1.82) is 0 Å². The molecule has 8 nitrogen and oxygen atoms in total. The Balaban J connectivity index is 1.20. The second-order valence-corrected chi connectivity index (χ2v) is 12.4. The largest absolute Gasteiger partial charge is 0.481 e. The maximum absolute atomic E-state index is 12.1. The van der Waals surface area contributed by atoms with Crippen molar-refractivity contribution in [3.8, 4) is 0 Å². The molecule has 0 radical (unpaired) electrons. The molecule has 0 unspecified atom stereocenters. The third-order valence-electron chi connectivity index (χ3n) is 11.0. The predicted molar refractivity (Wildman–Crippen MR) is 127 cm³/mol. The Kier molecular flexibility index (Phi) is 5.47. The fourth-order valence-electron chi connectivity index (χ4n) is 9.36. The van der Waals surface area contributed by atoms with Crippen molar-refractivity contribution in [3.05, 3.63) is 34.4 Å². The van der Waals surface area contributed by atoms with Crippen molar-refractivity contribution in [2.75, 3.05) is 0 Å². The minimum Gasteiger partial charge on any atom is -0.481 e. The average molecular weight is 501 g/mol. The highest BCUT2D eigenvalue weighted by Gasteiger charge is 2.83. The second-order valence-electron chi connectivity index (χ2n) is 12.4. The quantitative estimate of drug-likeness (QED) is 0.463. The first-order valence-electron chi connectivity index (χ1n) is 13.5. The van der Waals surface area contributed by atoms with Gasteiger partial charge in [0, 0.05) is 17.4 Å². The highest BCUT2D eigenvalue weighted by atomic mass is 16.6. The summed E-state index contributed by atoms with van der Waals surface area (Å²) in [6.45, 7) is 4.67. The van der Waals surface area contributed by atoms with Crippen LogP contribution in [0.25, 0.3) is 0 Å². The molecule has 36 heavy (non-hydrogen) atoms. The number of carboxylic acids is 1. The summed E-state index contributed by atoms with van der Waals surface area (Å²) in [4.78, 5) is 34.5. The van der Waals surface area contributed by atoms with E-state index in [1.807, 2.05) is 0 Å². The third-order valence-corrected chi connectivity index (χ3v) is 11.0. The van der Waals surface area contributed by atoms with Crippen molar-refractivity contribution in [2.45, 2.75) is 101 Å². The number of hydrogen-bond acceptors (Lipinski definition) is 7. The highest BCUT2D eigenvalue weighted by Crippen LogP contribution is 2.77. The summed E-state index contributed by atoms with van der Waals surface area (Å²) in [5.41, 5.74) is 0.0545. The number of epoxide rings is 1. The molecule has 10 atom stereocenters. The first-order chi connectivity index (χ1) is 17.1. The molecule has 0 aromatic carbocycles. The van der Waals surface area contributed by atoms with Gasteiger partial charge in [-0.15, -0.1) is 0 Å². The van der Waals surface area contributed by atoms with E-state index < -0.39 is 18.0 Å². The number of hydrogen-bond donors (Lipinski definition) is 2. The van der Waals surface area contributed by atoms with Crippen molar-refractivity contribution < 1.29 is 33.7 Å². The molecule has 1 saturated heterocycles. The van der Waals surface area contributed by atoms with Gasteiger partial charge in [-0.1, -0.05) is 13.8 Å².